The maximum absolute atomic E-state index is 10.7. The Labute approximate surface area is 136 Å². The predicted molar refractivity (Wildman–Crippen MR) is 90.8 cm³/mol. The van der Waals surface area contributed by atoms with Gasteiger partial charge in [0.2, 0.25) is 5.13 Å². The van der Waals surface area contributed by atoms with Crippen LogP contribution in [-0.2, 0) is 0 Å². The number of nitrogens with zero attached hydrogens (tertiary/aromatic N) is 3. The molecule has 0 saturated carbocycles. The highest BCUT2D eigenvalue weighted by Gasteiger charge is 2.11. The first kappa shape index (κ1) is 14.9. The number of hydrogen-bond donors (Lipinski definition) is 1. The van der Waals surface area contributed by atoms with Crippen LogP contribution in [0.5, 0.6) is 0 Å². The minimum absolute atomic E-state index is 0.0589. The molecule has 0 radical (unpaired) electrons. The van der Waals surface area contributed by atoms with Gasteiger partial charge in [0.25, 0.3) is 5.69 Å². The predicted octanol–water partition coefficient (Wildman–Crippen LogP) is 3.62. The molecule has 0 aliphatic carbocycles. The number of nitrogen functional groups attached to an aromatic ring is 1. The molecule has 0 unspecified atom stereocenters. The van der Waals surface area contributed by atoms with Crippen LogP contribution in [0.15, 0.2) is 54.6 Å². The first-order valence-corrected chi connectivity index (χ1v) is 7.56. The van der Waals surface area contributed by atoms with E-state index >= 15 is 0 Å². The molecule has 114 valence electrons. The van der Waals surface area contributed by atoms with Gasteiger partial charge >= 0.3 is 0 Å². The van der Waals surface area contributed by atoms with Crippen LogP contribution in [0, 0.1) is 10.1 Å². The van der Waals surface area contributed by atoms with E-state index in [0.29, 0.717) is 10.1 Å². The van der Waals surface area contributed by atoms with Gasteiger partial charge in [-0.2, -0.15) is 0 Å². The standard InChI is InChI=1S/C16H12N4O2S/c17-16-19-18-15(23-16)14(12-4-2-1-3-5-12)10-11-6-8-13(9-7-11)20(21)22/h1-10H,(H2,17,19)/b14-10+. The molecular formula is C16H12N4O2S. The van der Waals surface area contributed by atoms with Crippen molar-refractivity contribution in [1.82, 2.24) is 10.2 Å². The molecule has 2 N–H and O–H groups in total. The Morgan fingerprint density at radius 3 is 2.35 bits per heavy atom. The Morgan fingerprint density at radius 1 is 1.09 bits per heavy atom. The van der Waals surface area contributed by atoms with Crippen molar-refractivity contribution in [3.05, 3.63) is 80.8 Å². The highest BCUT2D eigenvalue weighted by atomic mass is 32.1. The Kier molecular flexibility index (Phi) is 4.11. The molecule has 0 aliphatic rings. The van der Waals surface area contributed by atoms with Gasteiger partial charge in [0.15, 0.2) is 0 Å². The number of nitro groups is 1. The van der Waals surface area contributed by atoms with Gasteiger partial charge in [-0.15, -0.1) is 10.2 Å². The smallest absolute Gasteiger partial charge is 0.269 e. The molecule has 0 aliphatic heterocycles. The number of hydrogen-bond acceptors (Lipinski definition) is 6. The molecule has 23 heavy (non-hydrogen) atoms. The van der Waals surface area contributed by atoms with E-state index < -0.39 is 4.92 Å². The van der Waals surface area contributed by atoms with Crippen LogP contribution in [0.3, 0.4) is 0 Å². The lowest BCUT2D eigenvalue weighted by Gasteiger charge is -2.04. The fourth-order valence-corrected chi connectivity index (χ4v) is 2.74. The van der Waals surface area contributed by atoms with Crippen molar-refractivity contribution >= 4 is 33.8 Å². The summed E-state index contributed by atoms with van der Waals surface area (Å²) in [6.45, 7) is 0. The first-order valence-electron chi connectivity index (χ1n) is 6.74. The Balaban J connectivity index is 2.06. The fraction of sp³-hybridized carbons (Fsp3) is 0. The Bertz CT molecular complexity index is 857. The first-order chi connectivity index (χ1) is 11.1. The lowest BCUT2D eigenvalue weighted by Crippen LogP contribution is -1.89. The van der Waals surface area contributed by atoms with Crippen molar-refractivity contribution in [2.45, 2.75) is 0 Å². The number of rotatable bonds is 4. The van der Waals surface area contributed by atoms with Gasteiger partial charge in [-0.05, 0) is 29.3 Å². The second-order valence-electron chi connectivity index (χ2n) is 4.72. The highest BCUT2D eigenvalue weighted by molar-refractivity contribution is 7.16. The normalized spacial score (nSPS) is 11.4. The maximum atomic E-state index is 10.7. The summed E-state index contributed by atoms with van der Waals surface area (Å²) in [5.41, 5.74) is 8.42. The van der Waals surface area contributed by atoms with Crippen molar-refractivity contribution in [3.63, 3.8) is 0 Å². The molecule has 0 spiro atoms. The lowest BCUT2D eigenvalue weighted by atomic mass is 10.0. The molecule has 0 fully saturated rings. The summed E-state index contributed by atoms with van der Waals surface area (Å²) < 4.78 is 0. The molecule has 6 nitrogen and oxygen atoms in total. The third kappa shape index (κ3) is 3.41. The summed E-state index contributed by atoms with van der Waals surface area (Å²) in [5, 5.41) is 19.8. The van der Waals surface area contributed by atoms with E-state index in [1.807, 2.05) is 36.4 Å². The summed E-state index contributed by atoms with van der Waals surface area (Å²) in [6, 6.07) is 16.1. The average molecular weight is 324 g/mol. The van der Waals surface area contributed by atoms with E-state index in [1.165, 1.54) is 23.5 Å². The molecule has 0 bridgehead atoms. The molecule has 1 aromatic heterocycles. The number of nitrogens with two attached hydrogens (primary N) is 1. The summed E-state index contributed by atoms with van der Waals surface area (Å²) in [4.78, 5) is 10.3. The van der Waals surface area contributed by atoms with Crippen LogP contribution in [0.2, 0.25) is 0 Å². The van der Waals surface area contributed by atoms with Gasteiger partial charge < -0.3 is 5.73 Å². The van der Waals surface area contributed by atoms with E-state index in [-0.39, 0.29) is 5.69 Å². The molecule has 1 heterocycles. The number of non-ortho nitro benzene ring substituents is 1. The number of benzene rings is 2. The molecular weight excluding hydrogens is 312 g/mol. The highest BCUT2D eigenvalue weighted by Crippen LogP contribution is 2.29. The minimum atomic E-state index is -0.420. The lowest BCUT2D eigenvalue weighted by molar-refractivity contribution is -0.384. The van der Waals surface area contributed by atoms with E-state index in [4.69, 9.17) is 5.73 Å². The van der Waals surface area contributed by atoms with E-state index in [0.717, 1.165) is 16.7 Å². The maximum Gasteiger partial charge on any atom is 0.269 e. The third-order valence-corrected chi connectivity index (χ3v) is 3.96. The average Bonchev–Trinajstić information content (AvgIpc) is 3.00. The van der Waals surface area contributed by atoms with Crippen LogP contribution >= 0.6 is 11.3 Å². The molecule has 7 heteroatoms. The number of nitro benzene ring substituents is 1. The van der Waals surface area contributed by atoms with Gasteiger partial charge in [-0.25, -0.2) is 0 Å². The topological polar surface area (TPSA) is 94.9 Å². The molecule has 0 atom stereocenters. The van der Waals surface area contributed by atoms with Crippen molar-refractivity contribution < 1.29 is 4.92 Å². The van der Waals surface area contributed by atoms with Crippen LogP contribution < -0.4 is 5.73 Å². The zero-order valence-corrected chi connectivity index (χ0v) is 12.7. The molecule has 3 rings (SSSR count). The minimum Gasteiger partial charge on any atom is -0.374 e. The van der Waals surface area contributed by atoms with Crippen molar-refractivity contribution in [2.24, 2.45) is 0 Å². The number of aromatic nitrogens is 2. The second-order valence-corrected chi connectivity index (χ2v) is 5.73. The van der Waals surface area contributed by atoms with Gasteiger partial charge in [0, 0.05) is 17.7 Å². The van der Waals surface area contributed by atoms with E-state index in [9.17, 15) is 10.1 Å². The van der Waals surface area contributed by atoms with Crippen LogP contribution in [0.1, 0.15) is 16.1 Å². The number of anilines is 1. The van der Waals surface area contributed by atoms with Crippen LogP contribution in [0.4, 0.5) is 10.8 Å². The molecule has 3 aromatic rings. The summed E-state index contributed by atoms with van der Waals surface area (Å²) in [7, 11) is 0. The third-order valence-electron chi connectivity index (χ3n) is 3.17. The second kappa shape index (κ2) is 6.37. The summed E-state index contributed by atoms with van der Waals surface area (Å²) in [5.74, 6) is 0. The Hall–Kier alpha value is -3.06. The van der Waals surface area contributed by atoms with Crippen molar-refractivity contribution in [2.75, 3.05) is 5.73 Å². The van der Waals surface area contributed by atoms with Gasteiger partial charge in [0.1, 0.15) is 5.01 Å². The van der Waals surface area contributed by atoms with E-state index in [2.05, 4.69) is 10.2 Å². The van der Waals surface area contributed by atoms with Gasteiger partial charge in [0.05, 0.1) is 4.92 Å². The summed E-state index contributed by atoms with van der Waals surface area (Å²) >= 11 is 1.30. The monoisotopic (exact) mass is 324 g/mol. The van der Waals surface area contributed by atoms with Crippen molar-refractivity contribution in [3.8, 4) is 0 Å². The fourth-order valence-electron chi connectivity index (χ4n) is 2.09. The van der Waals surface area contributed by atoms with Crippen LogP contribution in [0.25, 0.3) is 11.6 Å². The Morgan fingerprint density at radius 2 is 1.78 bits per heavy atom. The quantitative estimate of drug-likeness (QED) is 0.449. The zero-order valence-electron chi connectivity index (χ0n) is 11.9. The summed E-state index contributed by atoms with van der Waals surface area (Å²) in [6.07, 6.45) is 1.92. The van der Waals surface area contributed by atoms with Gasteiger partial charge in [-0.3, -0.25) is 10.1 Å². The molecule has 0 amide bonds. The van der Waals surface area contributed by atoms with Crippen molar-refractivity contribution in [1.29, 1.82) is 0 Å². The van der Waals surface area contributed by atoms with Crippen LogP contribution in [-0.4, -0.2) is 15.1 Å². The molecule has 2 aromatic carbocycles. The van der Waals surface area contributed by atoms with E-state index in [1.54, 1.807) is 12.1 Å². The zero-order chi connectivity index (χ0) is 16.2. The van der Waals surface area contributed by atoms with Gasteiger partial charge in [-0.1, -0.05) is 41.7 Å². The largest absolute Gasteiger partial charge is 0.374 e. The SMILES string of the molecule is Nc1nnc(/C(=C/c2ccc([N+](=O)[O-])cc2)c2ccccc2)s1. The molecule has 0 saturated heterocycles.